The lowest BCUT2D eigenvalue weighted by Crippen LogP contribution is -1.94. The van der Waals surface area contributed by atoms with E-state index < -0.39 is 0 Å². The maximum atomic E-state index is 5.51. The number of benzene rings is 1. The average Bonchev–Trinajstić information content (AvgIpc) is 2.62. The SMILES string of the molecule is Nc1nnc(COc2cccc(Br)c2)s1. The molecule has 0 saturated carbocycles. The van der Waals surface area contributed by atoms with Crippen molar-refractivity contribution in [2.75, 3.05) is 5.73 Å². The Kier molecular flexibility index (Phi) is 3.17. The minimum atomic E-state index is 0.394. The van der Waals surface area contributed by atoms with E-state index in [2.05, 4.69) is 26.1 Å². The van der Waals surface area contributed by atoms with Crippen molar-refractivity contribution in [3.05, 3.63) is 33.7 Å². The van der Waals surface area contributed by atoms with E-state index >= 15 is 0 Å². The van der Waals surface area contributed by atoms with Crippen molar-refractivity contribution < 1.29 is 4.74 Å². The maximum absolute atomic E-state index is 5.51. The van der Waals surface area contributed by atoms with Crippen LogP contribution in [0.3, 0.4) is 0 Å². The number of nitrogens with zero attached hydrogens (tertiary/aromatic N) is 2. The van der Waals surface area contributed by atoms with E-state index in [1.807, 2.05) is 24.3 Å². The number of aromatic nitrogens is 2. The van der Waals surface area contributed by atoms with Crippen molar-refractivity contribution in [3.8, 4) is 5.75 Å². The Morgan fingerprint density at radius 3 is 2.93 bits per heavy atom. The summed E-state index contributed by atoms with van der Waals surface area (Å²) in [6.07, 6.45) is 0. The molecule has 0 radical (unpaired) electrons. The molecule has 78 valence electrons. The number of hydrogen-bond donors (Lipinski definition) is 1. The fourth-order valence-corrected chi connectivity index (χ4v) is 1.93. The van der Waals surface area contributed by atoms with Crippen LogP contribution < -0.4 is 10.5 Å². The first-order chi connectivity index (χ1) is 7.24. The van der Waals surface area contributed by atoms with E-state index in [4.69, 9.17) is 10.5 Å². The molecule has 0 atom stereocenters. The van der Waals surface area contributed by atoms with Crippen molar-refractivity contribution >= 4 is 32.4 Å². The van der Waals surface area contributed by atoms with Gasteiger partial charge >= 0.3 is 0 Å². The van der Waals surface area contributed by atoms with Crippen LogP contribution in [0.15, 0.2) is 28.7 Å². The highest BCUT2D eigenvalue weighted by Gasteiger charge is 2.02. The van der Waals surface area contributed by atoms with Crippen LogP contribution in [0, 0.1) is 0 Å². The molecule has 0 aliphatic rings. The molecule has 0 spiro atoms. The van der Waals surface area contributed by atoms with Gasteiger partial charge in [-0.15, -0.1) is 10.2 Å². The fourth-order valence-electron chi connectivity index (χ4n) is 1.03. The number of nitrogens with two attached hydrogens (primary N) is 1. The van der Waals surface area contributed by atoms with Crippen LogP contribution in [0.5, 0.6) is 5.75 Å². The first-order valence-electron chi connectivity index (χ1n) is 4.20. The third kappa shape index (κ3) is 2.90. The van der Waals surface area contributed by atoms with Gasteiger partial charge in [-0.25, -0.2) is 0 Å². The summed E-state index contributed by atoms with van der Waals surface area (Å²) >= 11 is 4.70. The monoisotopic (exact) mass is 285 g/mol. The number of anilines is 1. The third-order valence-corrected chi connectivity index (χ3v) is 2.86. The molecule has 0 bridgehead atoms. The predicted molar refractivity (Wildman–Crippen MR) is 62.8 cm³/mol. The molecule has 4 nitrogen and oxygen atoms in total. The summed E-state index contributed by atoms with van der Waals surface area (Å²) in [5.74, 6) is 0.790. The average molecular weight is 286 g/mol. The van der Waals surface area contributed by atoms with Gasteiger partial charge in [-0.05, 0) is 18.2 Å². The molecular formula is C9H8BrN3OS. The quantitative estimate of drug-likeness (QED) is 0.941. The van der Waals surface area contributed by atoms with Crippen LogP contribution in [-0.4, -0.2) is 10.2 Å². The maximum Gasteiger partial charge on any atom is 0.203 e. The van der Waals surface area contributed by atoms with E-state index in [-0.39, 0.29) is 0 Å². The number of rotatable bonds is 3. The van der Waals surface area contributed by atoms with Crippen molar-refractivity contribution in [1.82, 2.24) is 10.2 Å². The van der Waals surface area contributed by atoms with Crippen LogP contribution in [0.1, 0.15) is 5.01 Å². The zero-order valence-corrected chi connectivity index (χ0v) is 10.1. The number of ether oxygens (including phenoxy) is 1. The van der Waals surface area contributed by atoms with Crippen LogP contribution in [0.2, 0.25) is 0 Å². The summed E-state index contributed by atoms with van der Waals surface area (Å²) < 4.78 is 6.49. The lowest BCUT2D eigenvalue weighted by atomic mass is 10.3. The number of halogens is 1. The van der Waals surface area contributed by atoms with Gasteiger partial charge in [0.15, 0.2) is 5.01 Å². The number of hydrogen-bond acceptors (Lipinski definition) is 5. The van der Waals surface area contributed by atoms with Gasteiger partial charge in [0, 0.05) is 4.47 Å². The largest absolute Gasteiger partial charge is 0.486 e. The standard InChI is InChI=1S/C9H8BrN3OS/c10-6-2-1-3-7(4-6)14-5-8-12-13-9(11)15-8/h1-4H,5H2,(H2,11,13). The zero-order valence-electron chi connectivity index (χ0n) is 7.68. The molecule has 0 saturated heterocycles. The lowest BCUT2D eigenvalue weighted by Gasteiger charge is -2.03. The lowest BCUT2D eigenvalue weighted by molar-refractivity contribution is 0.304. The summed E-state index contributed by atoms with van der Waals surface area (Å²) in [6.45, 7) is 0.394. The van der Waals surface area contributed by atoms with Gasteiger partial charge in [0.25, 0.3) is 0 Å². The van der Waals surface area contributed by atoms with Crippen molar-refractivity contribution in [2.24, 2.45) is 0 Å². The Morgan fingerprint density at radius 1 is 1.40 bits per heavy atom. The van der Waals surface area contributed by atoms with Crippen LogP contribution in [-0.2, 0) is 6.61 Å². The highest BCUT2D eigenvalue weighted by Crippen LogP contribution is 2.19. The van der Waals surface area contributed by atoms with E-state index in [9.17, 15) is 0 Å². The van der Waals surface area contributed by atoms with Gasteiger partial charge in [0.1, 0.15) is 12.4 Å². The minimum absolute atomic E-state index is 0.394. The second-order valence-corrected chi connectivity index (χ2v) is 4.79. The molecule has 1 aromatic carbocycles. The van der Waals surface area contributed by atoms with Crippen molar-refractivity contribution in [1.29, 1.82) is 0 Å². The van der Waals surface area contributed by atoms with Crippen molar-refractivity contribution in [2.45, 2.75) is 6.61 Å². The van der Waals surface area contributed by atoms with E-state index in [0.717, 1.165) is 15.2 Å². The van der Waals surface area contributed by atoms with Crippen molar-refractivity contribution in [3.63, 3.8) is 0 Å². The zero-order chi connectivity index (χ0) is 10.7. The second kappa shape index (κ2) is 4.59. The molecule has 0 unspecified atom stereocenters. The van der Waals surface area contributed by atoms with Gasteiger partial charge in [-0.2, -0.15) is 0 Å². The Hall–Kier alpha value is -1.14. The normalized spacial score (nSPS) is 10.2. The molecule has 6 heteroatoms. The summed E-state index contributed by atoms with van der Waals surface area (Å²) in [6, 6.07) is 7.63. The van der Waals surface area contributed by atoms with Gasteiger partial charge < -0.3 is 10.5 Å². The van der Waals surface area contributed by atoms with Crippen LogP contribution in [0.25, 0.3) is 0 Å². The minimum Gasteiger partial charge on any atom is -0.486 e. The van der Waals surface area contributed by atoms with Gasteiger partial charge in [-0.3, -0.25) is 0 Å². The molecule has 2 aromatic rings. The molecular weight excluding hydrogens is 278 g/mol. The van der Waals surface area contributed by atoms with E-state index in [1.165, 1.54) is 11.3 Å². The third-order valence-electron chi connectivity index (χ3n) is 1.64. The first kappa shape index (κ1) is 10.4. The Morgan fingerprint density at radius 2 is 2.27 bits per heavy atom. The molecule has 1 aromatic heterocycles. The highest BCUT2D eigenvalue weighted by molar-refractivity contribution is 9.10. The van der Waals surface area contributed by atoms with Gasteiger partial charge in [-0.1, -0.05) is 33.3 Å². The number of nitrogen functional groups attached to an aromatic ring is 1. The molecule has 0 fully saturated rings. The first-order valence-corrected chi connectivity index (χ1v) is 5.81. The molecule has 15 heavy (non-hydrogen) atoms. The van der Waals surface area contributed by atoms with Crippen LogP contribution in [0.4, 0.5) is 5.13 Å². The van der Waals surface area contributed by atoms with Gasteiger partial charge in [0.2, 0.25) is 5.13 Å². The predicted octanol–water partition coefficient (Wildman–Crippen LogP) is 2.46. The topological polar surface area (TPSA) is 61.0 Å². The summed E-state index contributed by atoms with van der Waals surface area (Å²) in [5.41, 5.74) is 5.45. The Bertz CT molecular complexity index is 460. The molecule has 2 N–H and O–H groups in total. The van der Waals surface area contributed by atoms with Crippen LogP contribution >= 0.6 is 27.3 Å². The Balaban J connectivity index is 1.99. The highest BCUT2D eigenvalue weighted by atomic mass is 79.9. The Labute approximate surface area is 99.2 Å². The summed E-state index contributed by atoms with van der Waals surface area (Å²) in [5, 5.41) is 8.80. The summed E-state index contributed by atoms with van der Waals surface area (Å²) in [4.78, 5) is 0. The van der Waals surface area contributed by atoms with E-state index in [1.54, 1.807) is 0 Å². The second-order valence-electron chi connectivity index (χ2n) is 2.78. The molecule has 1 heterocycles. The van der Waals surface area contributed by atoms with Gasteiger partial charge in [0.05, 0.1) is 0 Å². The summed E-state index contributed by atoms with van der Waals surface area (Å²) in [7, 11) is 0. The fraction of sp³-hybridized carbons (Fsp3) is 0.111. The molecule has 0 aliphatic carbocycles. The molecule has 0 amide bonds. The molecule has 2 rings (SSSR count). The smallest absolute Gasteiger partial charge is 0.203 e. The molecule has 0 aliphatic heterocycles. The van der Waals surface area contributed by atoms with E-state index in [0.29, 0.717) is 11.7 Å².